The van der Waals surface area contributed by atoms with Crippen molar-refractivity contribution in [3.63, 3.8) is 0 Å². The number of carbonyl (C=O) groups excluding carboxylic acids is 3. The van der Waals surface area contributed by atoms with Crippen LogP contribution >= 0.6 is 0 Å². The summed E-state index contributed by atoms with van der Waals surface area (Å²) in [4.78, 5) is 38.2. The number of methoxy groups -OCH3 is 1. The first-order chi connectivity index (χ1) is 16.9. The monoisotopic (exact) mass is 475 g/mol. The van der Waals surface area contributed by atoms with E-state index in [1.807, 2.05) is 18.2 Å². The third-order valence-corrected chi connectivity index (χ3v) is 5.13. The number of nitrogens with one attached hydrogen (secondary N) is 2. The molecule has 3 aromatic carbocycles. The molecule has 4 amide bonds. The molecule has 1 heterocycles. The van der Waals surface area contributed by atoms with E-state index in [2.05, 4.69) is 10.6 Å². The Morgan fingerprint density at radius 3 is 2.49 bits per heavy atom. The quantitative estimate of drug-likeness (QED) is 0.380. The highest BCUT2D eigenvalue weighted by atomic mass is 19.1. The Morgan fingerprint density at radius 1 is 1.03 bits per heavy atom. The maximum Gasteiger partial charge on any atom is 0.329 e. The van der Waals surface area contributed by atoms with Crippen molar-refractivity contribution < 1.29 is 28.2 Å². The van der Waals surface area contributed by atoms with Crippen LogP contribution in [0.4, 0.5) is 14.9 Å². The zero-order chi connectivity index (χ0) is 24.8. The molecule has 3 aromatic rings. The average Bonchev–Trinajstić information content (AvgIpc) is 3.12. The van der Waals surface area contributed by atoms with Gasteiger partial charge in [0.1, 0.15) is 11.5 Å². The van der Waals surface area contributed by atoms with E-state index in [1.165, 1.54) is 37.5 Å². The van der Waals surface area contributed by atoms with Crippen LogP contribution in [0.15, 0.2) is 78.5 Å². The van der Waals surface area contributed by atoms with Gasteiger partial charge in [-0.25, -0.2) is 9.18 Å². The van der Waals surface area contributed by atoms with Crippen molar-refractivity contribution in [2.24, 2.45) is 0 Å². The van der Waals surface area contributed by atoms with Gasteiger partial charge >= 0.3 is 6.03 Å². The van der Waals surface area contributed by atoms with Crippen LogP contribution in [-0.2, 0) is 16.1 Å². The molecule has 0 aromatic heterocycles. The number of carbonyl (C=O) groups is 3. The summed E-state index contributed by atoms with van der Waals surface area (Å²) in [6, 6.07) is 18.9. The second-order valence-corrected chi connectivity index (χ2v) is 7.62. The SMILES string of the molecule is COc1cc(/C=C2/NC(=O)N(Cc3ccc(F)cc3)C2=O)ccc1OCC(=O)Nc1ccccc1. The largest absolute Gasteiger partial charge is 0.493 e. The molecule has 0 spiro atoms. The zero-order valence-electron chi connectivity index (χ0n) is 18.8. The molecule has 0 radical (unpaired) electrons. The van der Waals surface area contributed by atoms with E-state index in [0.717, 1.165) is 4.90 Å². The molecule has 8 nitrogen and oxygen atoms in total. The molecule has 0 atom stereocenters. The minimum absolute atomic E-state index is 0.0173. The van der Waals surface area contributed by atoms with Crippen molar-refractivity contribution in [3.05, 3.63) is 95.4 Å². The lowest BCUT2D eigenvalue weighted by Gasteiger charge is -2.12. The van der Waals surface area contributed by atoms with Crippen LogP contribution in [0, 0.1) is 5.82 Å². The first kappa shape index (κ1) is 23.5. The van der Waals surface area contributed by atoms with E-state index in [0.29, 0.717) is 28.3 Å². The van der Waals surface area contributed by atoms with Crippen molar-refractivity contribution in [1.29, 1.82) is 0 Å². The van der Waals surface area contributed by atoms with Crippen molar-refractivity contribution in [3.8, 4) is 11.5 Å². The first-order valence-corrected chi connectivity index (χ1v) is 10.7. The Hall–Kier alpha value is -4.66. The highest BCUT2D eigenvalue weighted by molar-refractivity contribution is 6.13. The fourth-order valence-corrected chi connectivity index (χ4v) is 3.41. The third-order valence-electron chi connectivity index (χ3n) is 5.13. The number of ether oxygens (including phenoxy) is 2. The minimum atomic E-state index is -0.568. The molecule has 0 bridgehead atoms. The van der Waals surface area contributed by atoms with Gasteiger partial charge in [0.05, 0.1) is 13.7 Å². The van der Waals surface area contributed by atoms with Gasteiger partial charge in [-0.2, -0.15) is 0 Å². The Labute approximate surface area is 201 Å². The minimum Gasteiger partial charge on any atom is -0.493 e. The van der Waals surface area contributed by atoms with E-state index >= 15 is 0 Å². The topological polar surface area (TPSA) is 97.0 Å². The number of urea groups is 1. The molecule has 178 valence electrons. The van der Waals surface area contributed by atoms with Crippen LogP contribution in [0.3, 0.4) is 0 Å². The lowest BCUT2D eigenvalue weighted by atomic mass is 10.1. The predicted octanol–water partition coefficient (Wildman–Crippen LogP) is 3.94. The molecule has 9 heteroatoms. The predicted molar refractivity (Wildman–Crippen MR) is 127 cm³/mol. The van der Waals surface area contributed by atoms with E-state index in [-0.39, 0.29) is 24.8 Å². The number of benzene rings is 3. The molecule has 35 heavy (non-hydrogen) atoms. The summed E-state index contributed by atoms with van der Waals surface area (Å²) in [6.07, 6.45) is 1.51. The Kier molecular flexibility index (Phi) is 7.06. The summed E-state index contributed by atoms with van der Waals surface area (Å²) in [5, 5.41) is 5.28. The van der Waals surface area contributed by atoms with Crippen LogP contribution in [0.25, 0.3) is 6.08 Å². The number of anilines is 1. The number of para-hydroxylation sites is 1. The molecule has 1 aliphatic heterocycles. The van der Waals surface area contributed by atoms with E-state index in [9.17, 15) is 18.8 Å². The summed E-state index contributed by atoms with van der Waals surface area (Å²) in [6.45, 7) is -0.206. The molecule has 0 aliphatic carbocycles. The summed E-state index contributed by atoms with van der Waals surface area (Å²) in [7, 11) is 1.45. The van der Waals surface area contributed by atoms with Gasteiger partial charge in [0.25, 0.3) is 11.8 Å². The van der Waals surface area contributed by atoms with E-state index in [4.69, 9.17) is 9.47 Å². The van der Waals surface area contributed by atoms with E-state index in [1.54, 1.807) is 30.3 Å². The van der Waals surface area contributed by atoms with Crippen molar-refractivity contribution >= 4 is 29.6 Å². The standard InChI is InChI=1S/C26H22FN3O5/c1-34-23-14-18(9-12-22(23)35-16-24(31)28-20-5-3-2-4-6-20)13-21-25(32)30(26(33)29-21)15-17-7-10-19(27)11-8-17/h2-14H,15-16H2,1H3,(H,28,31)(H,29,33)/b21-13+. The lowest BCUT2D eigenvalue weighted by Crippen LogP contribution is -2.30. The average molecular weight is 475 g/mol. The second-order valence-electron chi connectivity index (χ2n) is 7.62. The molecule has 1 saturated heterocycles. The Bertz CT molecular complexity index is 1280. The lowest BCUT2D eigenvalue weighted by molar-refractivity contribution is -0.123. The number of amides is 4. The van der Waals surface area contributed by atoms with Gasteiger partial charge in [-0.3, -0.25) is 14.5 Å². The van der Waals surface area contributed by atoms with Crippen LogP contribution < -0.4 is 20.1 Å². The molecular weight excluding hydrogens is 453 g/mol. The zero-order valence-corrected chi connectivity index (χ0v) is 18.8. The maximum absolute atomic E-state index is 13.1. The molecule has 0 saturated carbocycles. The van der Waals surface area contributed by atoms with Crippen molar-refractivity contribution in [2.45, 2.75) is 6.54 Å². The van der Waals surface area contributed by atoms with Crippen LogP contribution in [0.2, 0.25) is 0 Å². The summed E-state index contributed by atoms with van der Waals surface area (Å²) >= 11 is 0. The molecular formula is C26H22FN3O5. The number of halogens is 1. The van der Waals surface area contributed by atoms with Gasteiger partial charge < -0.3 is 20.1 Å². The van der Waals surface area contributed by atoms with Crippen LogP contribution in [0.1, 0.15) is 11.1 Å². The molecule has 4 rings (SSSR count). The fourth-order valence-electron chi connectivity index (χ4n) is 3.41. The molecule has 1 fully saturated rings. The Balaban J connectivity index is 1.42. The highest BCUT2D eigenvalue weighted by Crippen LogP contribution is 2.29. The van der Waals surface area contributed by atoms with Crippen LogP contribution in [0.5, 0.6) is 11.5 Å². The summed E-state index contributed by atoms with van der Waals surface area (Å²) < 4.78 is 24.1. The van der Waals surface area contributed by atoms with Gasteiger partial charge in [0.15, 0.2) is 18.1 Å². The first-order valence-electron chi connectivity index (χ1n) is 10.7. The number of rotatable bonds is 8. The number of imide groups is 1. The van der Waals surface area contributed by atoms with Crippen molar-refractivity contribution in [1.82, 2.24) is 10.2 Å². The number of hydrogen-bond acceptors (Lipinski definition) is 5. The highest BCUT2D eigenvalue weighted by Gasteiger charge is 2.33. The van der Waals surface area contributed by atoms with Gasteiger partial charge in [-0.15, -0.1) is 0 Å². The smallest absolute Gasteiger partial charge is 0.329 e. The van der Waals surface area contributed by atoms with E-state index < -0.39 is 17.8 Å². The molecule has 1 aliphatic rings. The summed E-state index contributed by atoms with van der Waals surface area (Å²) in [5.41, 5.74) is 1.95. The third kappa shape index (κ3) is 5.83. The normalized spacial score (nSPS) is 14.1. The van der Waals surface area contributed by atoms with Crippen molar-refractivity contribution in [2.75, 3.05) is 19.0 Å². The van der Waals surface area contributed by atoms with Gasteiger partial charge in [0, 0.05) is 5.69 Å². The Morgan fingerprint density at radius 2 is 1.77 bits per heavy atom. The van der Waals surface area contributed by atoms with Gasteiger partial charge in [-0.1, -0.05) is 36.4 Å². The molecule has 2 N–H and O–H groups in total. The van der Waals surface area contributed by atoms with Gasteiger partial charge in [0.2, 0.25) is 0 Å². The summed E-state index contributed by atoms with van der Waals surface area (Å²) in [5.74, 6) is -0.532. The second kappa shape index (κ2) is 10.5. The molecule has 0 unspecified atom stereocenters. The maximum atomic E-state index is 13.1. The number of hydrogen-bond donors (Lipinski definition) is 2. The van der Waals surface area contributed by atoms with Gasteiger partial charge in [-0.05, 0) is 53.6 Å². The number of nitrogens with zero attached hydrogens (tertiary/aromatic N) is 1. The fraction of sp³-hybridized carbons (Fsp3) is 0.115. The van der Waals surface area contributed by atoms with Crippen LogP contribution in [-0.4, -0.2) is 36.5 Å².